The van der Waals surface area contributed by atoms with Crippen molar-refractivity contribution in [1.29, 1.82) is 0 Å². The molecular weight excluding hydrogens is 445 g/mol. The fraction of sp³-hybridized carbons (Fsp3) is 0.409. The van der Waals surface area contributed by atoms with Gasteiger partial charge in [0.1, 0.15) is 22.2 Å². The fourth-order valence-electron chi connectivity index (χ4n) is 5.62. The number of carbonyl (C=O) groups excluding carboxylic acids is 1. The maximum Gasteiger partial charge on any atom is 0.248 e. The molecule has 7 rings (SSSR count). The number of hydroxylamine groups is 1. The molecule has 11 heteroatoms. The Bertz CT molecular complexity index is 1380. The van der Waals surface area contributed by atoms with Crippen molar-refractivity contribution in [2.45, 2.75) is 31.7 Å². The maximum absolute atomic E-state index is 14.0. The zero-order valence-corrected chi connectivity index (χ0v) is 18.6. The molecule has 3 saturated carbocycles. The summed E-state index contributed by atoms with van der Waals surface area (Å²) in [7, 11) is 1.75. The first-order valence-electron chi connectivity index (χ1n) is 11.0. The number of carbonyl (C=O) groups is 1. The number of amides is 1. The first-order valence-corrected chi connectivity index (χ1v) is 11.9. The molecule has 0 spiro atoms. The molecule has 4 aromatic rings. The number of hydrogen-bond acceptors (Lipinski definition) is 8. The van der Waals surface area contributed by atoms with E-state index in [2.05, 4.69) is 15.4 Å². The van der Waals surface area contributed by atoms with Crippen LogP contribution >= 0.6 is 11.3 Å². The summed E-state index contributed by atoms with van der Waals surface area (Å²) in [6.07, 6.45) is 5.22. The minimum atomic E-state index is -0.455. The Balaban J connectivity index is 1.46. The van der Waals surface area contributed by atoms with Crippen LogP contribution in [-0.2, 0) is 11.8 Å². The number of hydrogen-bond donors (Lipinski definition) is 3. The molecule has 4 aromatic heterocycles. The van der Waals surface area contributed by atoms with Crippen LogP contribution in [0.25, 0.3) is 32.8 Å². The molecule has 3 aliphatic carbocycles. The van der Waals surface area contributed by atoms with Crippen molar-refractivity contribution in [3.8, 4) is 11.5 Å². The second kappa shape index (κ2) is 7.70. The summed E-state index contributed by atoms with van der Waals surface area (Å²) in [4.78, 5) is 27.0. The number of halogens is 1. The molecule has 0 aliphatic heterocycles. The number of anilines is 1. The molecule has 3 N–H and O–H groups in total. The maximum atomic E-state index is 14.0. The summed E-state index contributed by atoms with van der Waals surface area (Å²) in [5, 5.41) is 20.8. The van der Waals surface area contributed by atoms with Gasteiger partial charge in [0, 0.05) is 13.1 Å². The largest absolute Gasteiger partial charge is 0.366 e. The highest BCUT2D eigenvalue weighted by atomic mass is 32.1. The van der Waals surface area contributed by atoms with Crippen molar-refractivity contribution < 1.29 is 14.4 Å². The normalized spacial score (nSPS) is 24.5. The van der Waals surface area contributed by atoms with Crippen LogP contribution in [0.5, 0.6) is 0 Å². The van der Waals surface area contributed by atoms with E-state index in [1.165, 1.54) is 17.4 Å². The highest BCUT2D eigenvalue weighted by Crippen LogP contribution is 2.47. The van der Waals surface area contributed by atoms with Crippen LogP contribution in [0, 0.1) is 23.6 Å². The zero-order valence-electron chi connectivity index (χ0n) is 17.8. The molecule has 1 amide bonds. The van der Waals surface area contributed by atoms with E-state index in [1.807, 2.05) is 16.9 Å². The molecule has 0 unspecified atom stereocenters. The van der Waals surface area contributed by atoms with E-state index < -0.39 is 5.82 Å². The van der Waals surface area contributed by atoms with Crippen LogP contribution < -0.4 is 10.8 Å². The summed E-state index contributed by atoms with van der Waals surface area (Å²) in [6.45, 7) is 0. The van der Waals surface area contributed by atoms with Crippen LogP contribution in [0.3, 0.4) is 0 Å². The minimum absolute atomic E-state index is 0.143. The molecule has 2 bridgehead atoms. The smallest absolute Gasteiger partial charge is 0.248 e. The van der Waals surface area contributed by atoms with E-state index in [-0.39, 0.29) is 23.8 Å². The molecule has 9 nitrogen and oxygen atoms in total. The number of nitrogens with zero attached hydrogens (tertiary/aromatic N) is 5. The lowest BCUT2D eigenvalue weighted by Crippen LogP contribution is -2.54. The van der Waals surface area contributed by atoms with Crippen molar-refractivity contribution in [2.24, 2.45) is 24.8 Å². The van der Waals surface area contributed by atoms with Crippen LogP contribution in [0.4, 0.5) is 10.2 Å². The van der Waals surface area contributed by atoms with E-state index >= 15 is 0 Å². The van der Waals surface area contributed by atoms with Gasteiger partial charge in [-0.2, -0.15) is 5.10 Å². The highest BCUT2D eigenvalue weighted by molar-refractivity contribution is 7.16. The Kier molecular flexibility index (Phi) is 4.77. The van der Waals surface area contributed by atoms with Gasteiger partial charge in [-0.3, -0.25) is 10.0 Å². The number of fused-ring (bicyclic) bond motifs is 5. The number of rotatable bonds is 4. The second-order valence-electron chi connectivity index (χ2n) is 8.88. The molecule has 3 aliphatic rings. The zero-order chi connectivity index (χ0) is 22.7. The minimum Gasteiger partial charge on any atom is -0.366 e. The molecule has 2 atom stereocenters. The number of pyridine rings is 1. The first-order chi connectivity index (χ1) is 16.0. The predicted octanol–water partition coefficient (Wildman–Crippen LogP) is 3.50. The molecule has 4 heterocycles. The van der Waals surface area contributed by atoms with Crippen LogP contribution in [0.2, 0.25) is 0 Å². The van der Waals surface area contributed by atoms with Crippen LogP contribution in [0.1, 0.15) is 25.7 Å². The van der Waals surface area contributed by atoms with Crippen LogP contribution in [0.15, 0.2) is 23.7 Å². The molecule has 0 radical (unpaired) electrons. The van der Waals surface area contributed by atoms with Crippen molar-refractivity contribution in [1.82, 2.24) is 30.2 Å². The lowest BCUT2D eigenvalue weighted by molar-refractivity contribution is -0.139. The topological polar surface area (TPSA) is 118 Å². The third-order valence-electron chi connectivity index (χ3n) is 7.12. The van der Waals surface area contributed by atoms with Crippen molar-refractivity contribution >= 4 is 44.3 Å². The van der Waals surface area contributed by atoms with E-state index in [0.29, 0.717) is 34.3 Å². The lowest BCUT2D eigenvalue weighted by atomic mass is 9.61. The van der Waals surface area contributed by atoms with E-state index in [0.717, 1.165) is 42.1 Å². The fourth-order valence-corrected chi connectivity index (χ4v) is 6.38. The van der Waals surface area contributed by atoms with Crippen molar-refractivity contribution in [3.05, 3.63) is 29.5 Å². The highest BCUT2D eigenvalue weighted by Gasteiger charge is 2.47. The van der Waals surface area contributed by atoms with Gasteiger partial charge in [0.05, 0.1) is 22.9 Å². The lowest BCUT2D eigenvalue weighted by Gasteiger charge is -2.47. The van der Waals surface area contributed by atoms with E-state index in [4.69, 9.17) is 9.97 Å². The number of thiophene rings is 1. The van der Waals surface area contributed by atoms with Crippen molar-refractivity contribution in [2.75, 3.05) is 5.32 Å². The summed E-state index contributed by atoms with van der Waals surface area (Å²) >= 11 is 1.48. The number of nitrogens with one attached hydrogen (secondary N) is 2. The summed E-state index contributed by atoms with van der Waals surface area (Å²) < 4.78 is 15.5. The third kappa shape index (κ3) is 3.25. The molecule has 0 aromatic carbocycles. The van der Waals surface area contributed by atoms with Gasteiger partial charge in [0.2, 0.25) is 5.91 Å². The van der Waals surface area contributed by atoms with E-state index in [9.17, 15) is 14.4 Å². The van der Waals surface area contributed by atoms with E-state index in [1.54, 1.807) is 11.7 Å². The Morgan fingerprint density at radius 3 is 2.79 bits per heavy atom. The Labute approximate surface area is 192 Å². The Morgan fingerprint density at radius 2 is 2.00 bits per heavy atom. The molecule has 33 heavy (non-hydrogen) atoms. The summed E-state index contributed by atoms with van der Waals surface area (Å²) in [5.74, 6) is 0.398. The number of aryl methyl sites for hydroxylation is 1. The second-order valence-corrected chi connectivity index (χ2v) is 9.77. The molecule has 170 valence electrons. The van der Waals surface area contributed by atoms with Gasteiger partial charge < -0.3 is 5.32 Å². The van der Waals surface area contributed by atoms with Gasteiger partial charge in [0.15, 0.2) is 11.5 Å². The predicted molar refractivity (Wildman–Crippen MR) is 121 cm³/mol. The standard InChI is InChI=1S/C22H22FN7O2S/c1-30-20-14(8-12(23)9-24-20)17(28-30)19-26-18(13-6-7-33-22(13)27-19)25-16-11-4-2-10(3-5-11)15(16)21(31)29-32/h6-11,15-16,32H,2-5H2,1H3,(H,29,31)(H,25,26,27)/t10?,11?,15-,16-/m0/s1. The number of aromatic nitrogens is 5. The Hall–Kier alpha value is -3.18. The third-order valence-corrected chi connectivity index (χ3v) is 7.92. The van der Waals surface area contributed by atoms with Gasteiger partial charge in [-0.15, -0.1) is 11.3 Å². The quantitative estimate of drug-likeness (QED) is 0.311. The summed E-state index contributed by atoms with van der Waals surface area (Å²) in [6, 6.07) is 3.20. The Morgan fingerprint density at radius 1 is 1.21 bits per heavy atom. The van der Waals surface area contributed by atoms with Gasteiger partial charge in [-0.25, -0.2) is 29.5 Å². The molecule has 0 saturated heterocycles. The van der Waals surface area contributed by atoms with Gasteiger partial charge in [-0.05, 0) is 55.0 Å². The van der Waals surface area contributed by atoms with Gasteiger partial charge in [-0.1, -0.05) is 0 Å². The first kappa shape index (κ1) is 20.4. The molecule has 3 fully saturated rings. The summed E-state index contributed by atoms with van der Waals surface area (Å²) in [5.41, 5.74) is 2.86. The van der Waals surface area contributed by atoms with Crippen molar-refractivity contribution in [3.63, 3.8) is 0 Å². The average molecular weight is 468 g/mol. The van der Waals surface area contributed by atoms with Gasteiger partial charge >= 0.3 is 0 Å². The van der Waals surface area contributed by atoms with Crippen LogP contribution in [-0.4, -0.2) is 41.9 Å². The van der Waals surface area contributed by atoms with Gasteiger partial charge in [0.25, 0.3) is 0 Å². The average Bonchev–Trinajstić information content (AvgIpc) is 3.43. The monoisotopic (exact) mass is 467 g/mol. The molecular formula is C22H22FN7O2S. The SMILES string of the molecule is Cn1nc(-c2nc(N[C@H]3C4CCC(CC4)[C@@H]3C(=O)NO)c3ccsc3n2)c2cc(F)cnc21.